The lowest BCUT2D eigenvalue weighted by Gasteiger charge is -2.06. The highest BCUT2D eigenvalue weighted by Crippen LogP contribution is 2.13. The summed E-state index contributed by atoms with van der Waals surface area (Å²) in [5.41, 5.74) is 0.567. The van der Waals surface area contributed by atoms with E-state index in [0.29, 0.717) is 18.2 Å². The van der Waals surface area contributed by atoms with E-state index in [0.717, 1.165) is 18.4 Å². The second-order valence-electron chi connectivity index (χ2n) is 5.01. The van der Waals surface area contributed by atoms with Gasteiger partial charge in [-0.15, -0.1) is 5.10 Å². The summed E-state index contributed by atoms with van der Waals surface area (Å²) in [7, 11) is 0. The van der Waals surface area contributed by atoms with Crippen molar-refractivity contribution in [3.05, 3.63) is 46.1 Å². The van der Waals surface area contributed by atoms with Gasteiger partial charge in [-0.1, -0.05) is 37.2 Å². The van der Waals surface area contributed by atoms with Gasteiger partial charge in [0, 0.05) is 13.1 Å². The van der Waals surface area contributed by atoms with Gasteiger partial charge in [0.15, 0.2) is 5.16 Å². The zero-order valence-corrected chi connectivity index (χ0v) is 13.7. The van der Waals surface area contributed by atoms with Crippen LogP contribution in [0.2, 0.25) is 0 Å². The Labute approximate surface area is 137 Å². The van der Waals surface area contributed by atoms with Crippen molar-refractivity contribution in [2.45, 2.75) is 38.0 Å². The number of halogens is 1. The normalized spacial score (nSPS) is 10.7. The summed E-state index contributed by atoms with van der Waals surface area (Å²) in [6.45, 7) is 2.97. The molecule has 2 rings (SSSR count). The average molecular weight is 338 g/mol. The number of carbonyl (C=O) groups is 1. The van der Waals surface area contributed by atoms with Crippen molar-refractivity contribution in [3.63, 3.8) is 0 Å². The number of carbonyl (C=O) groups excluding carboxylic acids is 1. The Balaban J connectivity index is 1.82. The number of hydrogen-bond acceptors (Lipinski definition) is 4. The summed E-state index contributed by atoms with van der Waals surface area (Å²) in [5.74, 6) is -0.312. The minimum atomic E-state index is -0.306. The quantitative estimate of drug-likeness (QED) is 0.721. The highest BCUT2D eigenvalue weighted by Gasteiger charge is 2.11. The standard InChI is InChI=1S/C15H19FN4O2S/c1-2-3-8-20-14(22)18-19-15(20)23-10-13(21)17-9-11-4-6-12(16)7-5-11/h4-7H,2-3,8-10H2,1H3,(H,17,21)(H,18,22). The number of aromatic amines is 1. The van der Waals surface area contributed by atoms with E-state index >= 15 is 0 Å². The van der Waals surface area contributed by atoms with Gasteiger partial charge in [-0.2, -0.15) is 0 Å². The minimum absolute atomic E-state index is 0.164. The summed E-state index contributed by atoms with van der Waals surface area (Å²) in [6, 6.07) is 5.95. The molecule has 0 radical (unpaired) electrons. The lowest BCUT2D eigenvalue weighted by Crippen LogP contribution is -2.25. The van der Waals surface area contributed by atoms with Gasteiger partial charge in [0.25, 0.3) is 0 Å². The third kappa shape index (κ3) is 5.24. The first-order valence-electron chi connectivity index (χ1n) is 7.39. The molecule has 0 aliphatic carbocycles. The van der Waals surface area contributed by atoms with Gasteiger partial charge in [0.05, 0.1) is 5.75 Å². The molecule has 1 aromatic heterocycles. The predicted octanol–water partition coefficient (Wildman–Crippen LogP) is 1.92. The maximum atomic E-state index is 12.8. The van der Waals surface area contributed by atoms with Gasteiger partial charge in [0.1, 0.15) is 5.82 Å². The Hall–Kier alpha value is -2.09. The molecule has 1 heterocycles. The highest BCUT2D eigenvalue weighted by atomic mass is 32.2. The summed E-state index contributed by atoms with van der Waals surface area (Å²) >= 11 is 1.21. The molecule has 0 saturated heterocycles. The Morgan fingerprint density at radius 2 is 2.13 bits per heavy atom. The summed E-state index contributed by atoms with van der Waals surface area (Å²) in [4.78, 5) is 23.5. The number of nitrogens with zero attached hydrogens (tertiary/aromatic N) is 2. The van der Waals surface area contributed by atoms with E-state index in [1.54, 1.807) is 16.7 Å². The second kappa shape index (κ2) is 8.52. The van der Waals surface area contributed by atoms with Gasteiger partial charge in [-0.25, -0.2) is 14.3 Å². The first kappa shape index (κ1) is 17.3. The number of nitrogens with one attached hydrogen (secondary N) is 2. The number of hydrogen-bond donors (Lipinski definition) is 2. The third-order valence-corrected chi connectivity index (χ3v) is 4.17. The molecule has 8 heteroatoms. The summed E-state index contributed by atoms with van der Waals surface area (Å²) < 4.78 is 14.3. The predicted molar refractivity (Wildman–Crippen MR) is 86.7 cm³/mol. The molecular weight excluding hydrogens is 319 g/mol. The molecule has 0 unspecified atom stereocenters. The smallest absolute Gasteiger partial charge is 0.343 e. The number of unbranched alkanes of at least 4 members (excludes halogenated alkanes) is 1. The van der Waals surface area contributed by atoms with Gasteiger partial charge >= 0.3 is 5.69 Å². The van der Waals surface area contributed by atoms with Crippen LogP contribution in [-0.4, -0.2) is 26.4 Å². The van der Waals surface area contributed by atoms with E-state index in [9.17, 15) is 14.0 Å². The van der Waals surface area contributed by atoms with Crippen LogP contribution < -0.4 is 11.0 Å². The van der Waals surface area contributed by atoms with Crippen molar-refractivity contribution in [1.29, 1.82) is 0 Å². The average Bonchev–Trinajstić information content (AvgIpc) is 2.90. The van der Waals surface area contributed by atoms with E-state index < -0.39 is 0 Å². The van der Waals surface area contributed by atoms with E-state index in [-0.39, 0.29) is 23.2 Å². The van der Waals surface area contributed by atoms with Crippen LogP contribution in [0.15, 0.2) is 34.2 Å². The van der Waals surface area contributed by atoms with Crippen LogP contribution in [0.5, 0.6) is 0 Å². The van der Waals surface area contributed by atoms with Crippen molar-refractivity contribution >= 4 is 17.7 Å². The topological polar surface area (TPSA) is 79.8 Å². The third-order valence-electron chi connectivity index (χ3n) is 3.19. The molecule has 2 aromatic rings. The number of H-pyrrole nitrogens is 1. The maximum absolute atomic E-state index is 12.8. The first-order valence-corrected chi connectivity index (χ1v) is 8.38. The summed E-state index contributed by atoms with van der Waals surface area (Å²) in [5, 5.41) is 9.60. The first-order chi connectivity index (χ1) is 11.1. The van der Waals surface area contributed by atoms with Crippen LogP contribution in [0.1, 0.15) is 25.3 Å². The second-order valence-corrected chi connectivity index (χ2v) is 5.95. The van der Waals surface area contributed by atoms with E-state index in [4.69, 9.17) is 0 Å². The zero-order valence-electron chi connectivity index (χ0n) is 12.8. The lowest BCUT2D eigenvalue weighted by molar-refractivity contribution is -0.118. The molecule has 0 saturated carbocycles. The van der Waals surface area contributed by atoms with Crippen molar-refractivity contribution in [1.82, 2.24) is 20.1 Å². The van der Waals surface area contributed by atoms with E-state index in [1.165, 1.54) is 23.9 Å². The van der Waals surface area contributed by atoms with Gasteiger partial charge in [-0.05, 0) is 24.1 Å². The number of amides is 1. The van der Waals surface area contributed by atoms with Crippen LogP contribution in [0.3, 0.4) is 0 Å². The molecule has 0 bridgehead atoms. The zero-order chi connectivity index (χ0) is 16.7. The van der Waals surface area contributed by atoms with Crippen molar-refractivity contribution < 1.29 is 9.18 Å². The molecule has 0 aliphatic rings. The molecule has 1 aromatic carbocycles. The Bertz CT molecular complexity index is 696. The fourth-order valence-corrected chi connectivity index (χ4v) is 2.71. The molecule has 0 aliphatic heterocycles. The molecule has 23 heavy (non-hydrogen) atoms. The Morgan fingerprint density at radius 3 is 2.83 bits per heavy atom. The van der Waals surface area contributed by atoms with E-state index in [1.807, 2.05) is 6.92 Å². The van der Waals surface area contributed by atoms with Gasteiger partial charge in [0.2, 0.25) is 5.91 Å². The van der Waals surface area contributed by atoms with Crippen LogP contribution >= 0.6 is 11.8 Å². The molecule has 124 valence electrons. The van der Waals surface area contributed by atoms with E-state index in [2.05, 4.69) is 15.5 Å². The monoisotopic (exact) mass is 338 g/mol. The number of aromatic nitrogens is 3. The minimum Gasteiger partial charge on any atom is -0.351 e. The lowest BCUT2D eigenvalue weighted by atomic mass is 10.2. The molecule has 2 N–H and O–H groups in total. The maximum Gasteiger partial charge on any atom is 0.343 e. The molecule has 0 fully saturated rings. The molecular formula is C15H19FN4O2S. The fourth-order valence-electron chi connectivity index (χ4n) is 1.91. The van der Waals surface area contributed by atoms with Crippen LogP contribution in [0, 0.1) is 5.82 Å². The number of benzene rings is 1. The van der Waals surface area contributed by atoms with Gasteiger partial charge < -0.3 is 5.32 Å². The highest BCUT2D eigenvalue weighted by molar-refractivity contribution is 7.99. The van der Waals surface area contributed by atoms with Crippen molar-refractivity contribution in [2.24, 2.45) is 0 Å². The van der Waals surface area contributed by atoms with Gasteiger partial charge in [-0.3, -0.25) is 9.36 Å². The fraction of sp³-hybridized carbons (Fsp3) is 0.400. The number of thioether (sulfide) groups is 1. The van der Waals surface area contributed by atoms with Crippen LogP contribution in [0.4, 0.5) is 4.39 Å². The van der Waals surface area contributed by atoms with Crippen molar-refractivity contribution in [3.8, 4) is 0 Å². The number of rotatable bonds is 8. The van der Waals surface area contributed by atoms with Crippen molar-refractivity contribution in [2.75, 3.05) is 5.75 Å². The molecule has 0 spiro atoms. The largest absolute Gasteiger partial charge is 0.351 e. The summed E-state index contributed by atoms with van der Waals surface area (Å²) in [6.07, 6.45) is 1.85. The van der Waals surface area contributed by atoms with Crippen LogP contribution in [-0.2, 0) is 17.9 Å². The Kier molecular flexibility index (Phi) is 6.40. The Morgan fingerprint density at radius 1 is 1.39 bits per heavy atom. The molecule has 6 nitrogen and oxygen atoms in total. The van der Waals surface area contributed by atoms with Crippen LogP contribution in [0.25, 0.3) is 0 Å². The SMILES string of the molecule is CCCCn1c(SCC(=O)NCc2ccc(F)cc2)n[nH]c1=O. The molecule has 0 atom stereocenters. The molecule has 1 amide bonds.